The molecular formula is C45H28F6N4O7. The van der Waals surface area contributed by atoms with E-state index in [0.717, 1.165) is 48.5 Å². The lowest BCUT2D eigenvalue weighted by atomic mass is 9.97. The third kappa shape index (κ3) is 8.27. The van der Waals surface area contributed by atoms with Crippen LogP contribution >= 0.6 is 0 Å². The van der Waals surface area contributed by atoms with Gasteiger partial charge < -0.3 is 19.4 Å². The highest BCUT2D eigenvalue weighted by molar-refractivity contribution is 5.92. The Hall–Kier alpha value is -7.95. The molecule has 8 rings (SSSR count). The Morgan fingerprint density at radius 1 is 0.500 bits per heavy atom. The summed E-state index contributed by atoms with van der Waals surface area (Å²) in [4.78, 5) is 41.6. The number of aromatic nitrogens is 2. The summed E-state index contributed by atoms with van der Waals surface area (Å²) < 4.78 is 97.7. The van der Waals surface area contributed by atoms with Gasteiger partial charge in [0.2, 0.25) is 0 Å². The van der Waals surface area contributed by atoms with Gasteiger partial charge in [0.15, 0.2) is 0 Å². The van der Waals surface area contributed by atoms with E-state index in [4.69, 9.17) is 9.47 Å². The number of aryl methyl sites for hydroxylation is 4. The number of fused-ring (bicyclic) bond motifs is 2. The fourth-order valence-corrected chi connectivity index (χ4v) is 7.46. The number of halogens is 6. The van der Waals surface area contributed by atoms with Crippen molar-refractivity contribution in [2.75, 3.05) is 0 Å². The zero-order valence-electron chi connectivity index (χ0n) is 31.7. The van der Waals surface area contributed by atoms with Gasteiger partial charge in [-0.3, -0.25) is 20.2 Å². The van der Waals surface area contributed by atoms with Crippen molar-refractivity contribution in [3.8, 4) is 34.0 Å². The topological polar surface area (TPSA) is 153 Å². The van der Waals surface area contributed by atoms with Gasteiger partial charge in [0, 0.05) is 69.7 Å². The van der Waals surface area contributed by atoms with E-state index in [2.05, 4.69) is 9.97 Å². The van der Waals surface area contributed by atoms with Crippen LogP contribution in [0, 0.1) is 55.1 Å². The molecule has 0 aliphatic rings. The number of carbonyl (C=O) groups excluding carboxylic acids is 1. The van der Waals surface area contributed by atoms with Crippen LogP contribution in [-0.4, -0.2) is 26.0 Å². The lowest BCUT2D eigenvalue weighted by Gasteiger charge is -2.13. The molecule has 0 radical (unpaired) electrons. The van der Waals surface area contributed by atoms with E-state index in [0.29, 0.717) is 45.8 Å². The molecule has 6 aromatic carbocycles. The first-order valence-corrected chi connectivity index (χ1v) is 18.7. The van der Waals surface area contributed by atoms with Crippen LogP contribution in [-0.2, 0) is 25.7 Å². The van der Waals surface area contributed by atoms with Gasteiger partial charge in [-0.25, -0.2) is 31.1 Å². The maximum absolute atomic E-state index is 15.0. The van der Waals surface area contributed by atoms with Gasteiger partial charge >= 0.3 is 6.16 Å². The Morgan fingerprint density at radius 3 is 1.26 bits per heavy atom. The van der Waals surface area contributed by atoms with Crippen molar-refractivity contribution < 1.29 is 50.5 Å². The van der Waals surface area contributed by atoms with Crippen LogP contribution < -0.4 is 9.47 Å². The summed E-state index contributed by atoms with van der Waals surface area (Å²) in [5.41, 5.74) is 1.71. The summed E-state index contributed by atoms with van der Waals surface area (Å²) in [5, 5.41) is 23.9. The van der Waals surface area contributed by atoms with Crippen molar-refractivity contribution in [2.24, 2.45) is 0 Å². The fourth-order valence-electron chi connectivity index (χ4n) is 7.46. The molecule has 0 fully saturated rings. The number of ether oxygens (including phenoxy) is 2. The second-order valence-corrected chi connectivity index (χ2v) is 14.1. The number of nitro benzene ring substituents is 2. The van der Waals surface area contributed by atoms with Crippen molar-refractivity contribution in [2.45, 2.75) is 25.7 Å². The van der Waals surface area contributed by atoms with Gasteiger partial charge in [0.25, 0.3) is 11.4 Å². The molecule has 8 aromatic rings. The van der Waals surface area contributed by atoms with E-state index < -0.39 is 50.9 Å². The average Bonchev–Trinajstić information content (AvgIpc) is 3.79. The van der Waals surface area contributed by atoms with Crippen molar-refractivity contribution in [1.82, 2.24) is 9.97 Å². The Balaban J connectivity index is 1.09. The minimum atomic E-state index is -1.35. The van der Waals surface area contributed by atoms with Crippen molar-refractivity contribution in [3.05, 3.63) is 187 Å². The van der Waals surface area contributed by atoms with E-state index in [1.165, 1.54) is 48.5 Å². The number of rotatable bonds is 12. The smallest absolute Gasteiger partial charge is 0.394 e. The molecule has 0 saturated heterocycles. The Labute approximate surface area is 345 Å². The second-order valence-electron chi connectivity index (χ2n) is 14.1. The van der Waals surface area contributed by atoms with Crippen LogP contribution in [0.5, 0.6) is 11.5 Å². The molecule has 17 heteroatoms. The van der Waals surface area contributed by atoms with Crippen LogP contribution in [0.1, 0.15) is 22.3 Å². The van der Waals surface area contributed by atoms with Gasteiger partial charge in [0.1, 0.15) is 46.4 Å². The first kappa shape index (κ1) is 40.8. The van der Waals surface area contributed by atoms with Gasteiger partial charge in [-0.1, -0.05) is 0 Å². The standard InChI is InChI=1S/C45H28F6N4O7/c46-27-7-1-23(2-8-27)41-33(35-19-29(48)21-37(50)43(35)52-41)13-5-25-17-31(54(57)58)11-15-39(25)61-45(56)62-40-16-12-32(55(59)60)18-26(40)6-14-34-36-20-30(49)22-38(51)44(36)53-42(34)24-3-9-28(47)10-4-24/h1-4,7-12,15-22,52-53H,5-6,13-14H2. The van der Waals surface area contributed by atoms with Crippen molar-refractivity contribution >= 4 is 39.3 Å². The predicted octanol–water partition coefficient (Wildman–Crippen LogP) is 11.8. The molecule has 2 heterocycles. The number of benzene rings is 6. The second kappa shape index (κ2) is 16.6. The SMILES string of the molecule is O=C(Oc1ccc([N+](=O)[O-])cc1CCc1c(-c2ccc(F)cc2)[nH]c2c(F)cc(F)cc12)Oc1ccc([N+](=O)[O-])cc1CCc1c(-c2ccc(F)cc2)[nH]c2c(F)cc(F)cc12. The summed E-state index contributed by atoms with van der Waals surface area (Å²) in [5.74, 6) is -4.95. The number of carbonyl (C=O) groups is 1. The number of nitro groups is 2. The van der Waals surface area contributed by atoms with E-state index in [9.17, 15) is 51.4 Å². The van der Waals surface area contributed by atoms with Gasteiger partial charge in [-0.2, -0.15) is 0 Å². The van der Waals surface area contributed by atoms with Gasteiger partial charge in [-0.05, 0) is 121 Å². The third-order valence-corrected chi connectivity index (χ3v) is 10.3. The normalized spacial score (nSPS) is 11.3. The van der Waals surface area contributed by atoms with Crippen molar-refractivity contribution in [3.63, 3.8) is 0 Å². The number of nitrogens with one attached hydrogen (secondary N) is 2. The molecule has 0 atom stereocenters. The summed E-state index contributed by atoms with van der Waals surface area (Å²) in [6.45, 7) is 0. The highest BCUT2D eigenvalue weighted by atomic mass is 19.2. The minimum absolute atomic E-state index is 0.0176. The Kier molecular flexibility index (Phi) is 10.9. The Bertz CT molecular complexity index is 2870. The molecule has 0 unspecified atom stereocenters. The zero-order valence-corrected chi connectivity index (χ0v) is 31.7. The fraction of sp³-hybridized carbons (Fsp3) is 0.0889. The summed E-state index contributed by atoms with van der Waals surface area (Å²) >= 11 is 0. The molecule has 62 heavy (non-hydrogen) atoms. The first-order valence-electron chi connectivity index (χ1n) is 18.7. The molecule has 0 saturated carbocycles. The summed E-state index contributed by atoms with van der Waals surface area (Å²) in [6.07, 6.45) is -1.56. The lowest BCUT2D eigenvalue weighted by molar-refractivity contribution is -0.385. The molecule has 0 aliphatic carbocycles. The number of nitrogens with zero attached hydrogens (tertiary/aromatic N) is 2. The van der Waals surface area contributed by atoms with Gasteiger partial charge in [0.05, 0.1) is 20.9 Å². The van der Waals surface area contributed by atoms with Crippen molar-refractivity contribution in [1.29, 1.82) is 0 Å². The Morgan fingerprint density at radius 2 is 0.887 bits per heavy atom. The molecular weight excluding hydrogens is 823 g/mol. The van der Waals surface area contributed by atoms with Crippen LogP contribution in [0.4, 0.5) is 42.5 Å². The van der Waals surface area contributed by atoms with E-state index >= 15 is 0 Å². The third-order valence-electron chi connectivity index (χ3n) is 10.3. The van der Waals surface area contributed by atoms with Gasteiger partial charge in [-0.15, -0.1) is 0 Å². The molecule has 0 aliphatic heterocycles. The zero-order chi connectivity index (χ0) is 43.8. The molecule has 2 N–H and O–H groups in total. The molecule has 11 nitrogen and oxygen atoms in total. The summed E-state index contributed by atoms with van der Waals surface area (Å²) in [6, 6.07) is 20.9. The highest BCUT2D eigenvalue weighted by Gasteiger charge is 2.23. The molecule has 0 spiro atoms. The molecule has 312 valence electrons. The predicted molar refractivity (Wildman–Crippen MR) is 215 cm³/mol. The van der Waals surface area contributed by atoms with Crippen LogP contribution in [0.2, 0.25) is 0 Å². The quantitative estimate of drug-likeness (QED) is 0.0408. The van der Waals surface area contributed by atoms with Crippen LogP contribution in [0.25, 0.3) is 44.3 Å². The largest absolute Gasteiger partial charge is 0.519 e. The van der Waals surface area contributed by atoms with E-state index in [1.54, 1.807) is 0 Å². The number of H-pyrrole nitrogens is 2. The van der Waals surface area contributed by atoms with E-state index in [1.807, 2.05) is 0 Å². The number of aromatic amines is 2. The monoisotopic (exact) mass is 850 g/mol. The molecule has 0 amide bonds. The first-order chi connectivity index (χ1) is 29.7. The minimum Gasteiger partial charge on any atom is -0.394 e. The van der Waals surface area contributed by atoms with Crippen LogP contribution in [0.15, 0.2) is 109 Å². The average molecular weight is 851 g/mol. The number of hydrogen-bond donors (Lipinski definition) is 2. The number of hydrogen-bond acceptors (Lipinski definition) is 7. The van der Waals surface area contributed by atoms with Crippen LogP contribution in [0.3, 0.4) is 0 Å². The van der Waals surface area contributed by atoms with E-state index in [-0.39, 0.29) is 81.5 Å². The molecule has 2 aromatic heterocycles. The highest BCUT2D eigenvalue weighted by Crippen LogP contribution is 2.37. The molecule has 0 bridgehead atoms. The lowest BCUT2D eigenvalue weighted by Crippen LogP contribution is -2.16. The maximum Gasteiger partial charge on any atom is 0.519 e. The number of non-ortho nitro benzene ring substituents is 2. The summed E-state index contributed by atoms with van der Waals surface area (Å²) in [7, 11) is 0. The maximum atomic E-state index is 15.0.